The zero-order chi connectivity index (χ0) is 12.0. The molecule has 92 valence electrons. The quantitative estimate of drug-likeness (QED) is 0.767. The molecule has 0 aliphatic rings. The Balaban J connectivity index is 2.25. The van der Waals surface area contributed by atoms with Gasteiger partial charge < -0.3 is 14.9 Å². The minimum Gasteiger partial charge on any atom is -0.468 e. The number of nitrogens with zero attached hydrogens (tertiary/aromatic N) is 1. The van der Waals surface area contributed by atoms with E-state index in [1.807, 2.05) is 27.0 Å². The number of likely N-dealkylation sites (N-methyl/N-ethyl adjacent to an activating group) is 1. The molecule has 1 aromatic heterocycles. The van der Waals surface area contributed by atoms with Crippen LogP contribution in [0.25, 0.3) is 0 Å². The zero-order valence-corrected chi connectivity index (χ0v) is 10.4. The summed E-state index contributed by atoms with van der Waals surface area (Å²) in [5.41, 5.74) is 6.56. The monoisotopic (exact) mass is 226 g/mol. The number of ether oxygens (including phenoxy) is 1. The zero-order valence-electron chi connectivity index (χ0n) is 10.4. The summed E-state index contributed by atoms with van der Waals surface area (Å²) in [7, 11) is 2.05. The molecule has 4 nitrogen and oxygen atoms in total. The van der Waals surface area contributed by atoms with Gasteiger partial charge >= 0.3 is 0 Å². The average Bonchev–Trinajstić information content (AvgIpc) is 2.65. The van der Waals surface area contributed by atoms with E-state index in [2.05, 4.69) is 4.90 Å². The van der Waals surface area contributed by atoms with Crippen LogP contribution in [-0.2, 0) is 17.8 Å². The minimum absolute atomic E-state index is 0.292. The molecule has 0 aliphatic heterocycles. The first-order valence-electron chi connectivity index (χ1n) is 5.68. The van der Waals surface area contributed by atoms with Gasteiger partial charge in [0, 0.05) is 18.7 Å². The standard InChI is InChI=1S/C12H22N2O2/c1-10(2)15-5-4-14(3)8-12-6-11(7-13)9-16-12/h6,9-10H,4-5,7-8,13H2,1-3H3. The predicted molar refractivity (Wildman–Crippen MR) is 64.0 cm³/mol. The van der Waals surface area contributed by atoms with Gasteiger partial charge in [-0.05, 0) is 27.0 Å². The molecule has 1 rings (SSSR count). The first kappa shape index (κ1) is 13.2. The van der Waals surface area contributed by atoms with E-state index >= 15 is 0 Å². The van der Waals surface area contributed by atoms with Crippen LogP contribution < -0.4 is 5.73 Å². The lowest BCUT2D eigenvalue weighted by Gasteiger charge is -2.16. The first-order chi connectivity index (χ1) is 7.61. The van der Waals surface area contributed by atoms with Crippen molar-refractivity contribution in [2.24, 2.45) is 5.73 Å². The summed E-state index contributed by atoms with van der Waals surface area (Å²) in [5, 5.41) is 0. The van der Waals surface area contributed by atoms with E-state index in [0.717, 1.165) is 31.0 Å². The largest absolute Gasteiger partial charge is 0.468 e. The van der Waals surface area contributed by atoms with Gasteiger partial charge in [0.2, 0.25) is 0 Å². The van der Waals surface area contributed by atoms with Gasteiger partial charge in [0.15, 0.2) is 0 Å². The van der Waals surface area contributed by atoms with Gasteiger partial charge in [0.1, 0.15) is 5.76 Å². The number of rotatable bonds is 7. The van der Waals surface area contributed by atoms with E-state index in [1.54, 1.807) is 6.26 Å². The van der Waals surface area contributed by atoms with E-state index in [0.29, 0.717) is 12.6 Å². The molecule has 2 N–H and O–H groups in total. The molecule has 0 radical (unpaired) electrons. The van der Waals surface area contributed by atoms with E-state index in [1.165, 1.54) is 0 Å². The van der Waals surface area contributed by atoms with Crippen molar-refractivity contribution >= 4 is 0 Å². The summed E-state index contributed by atoms with van der Waals surface area (Å²) < 4.78 is 10.9. The second-order valence-corrected chi connectivity index (χ2v) is 4.28. The highest BCUT2D eigenvalue weighted by atomic mass is 16.5. The molecule has 4 heteroatoms. The van der Waals surface area contributed by atoms with Gasteiger partial charge in [-0.1, -0.05) is 0 Å². The van der Waals surface area contributed by atoms with Gasteiger partial charge in [0.25, 0.3) is 0 Å². The van der Waals surface area contributed by atoms with Crippen molar-refractivity contribution in [3.8, 4) is 0 Å². The molecule has 16 heavy (non-hydrogen) atoms. The van der Waals surface area contributed by atoms with Crippen molar-refractivity contribution < 1.29 is 9.15 Å². The Morgan fingerprint density at radius 2 is 2.25 bits per heavy atom. The Hall–Kier alpha value is -0.840. The third kappa shape index (κ3) is 4.79. The summed E-state index contributed by atoms with van der Waals surface area (Å²) in [6.45, 7) is 7.06. The molecular formula is C12H22N2O2. The molecule has 0 aliphatic carbocycles. The Labute approximate surface area is 97.4 Å². The maximum atomic E-state index is 5.51. The second kappa shape index (κ2) is 6.68. The number of furan rings is 1. The SMILES string of the molecule is CC(C)OCCN(C)Cc1cc(CN)co1. The Bertz CT molecular complexity index is 297. The summed E-state index contributed by atoms with van der Waals surface area (Å²) in [6.07, 6.45) is 2.01. The number of nitrogens with two attached hydrogens (primary N) is 1. The van der Waals surface area contributed by atoms with E-state index in [4.69, 9.17) is 14.9 Å². The topological polar surface area (TPSA) is 51.6 Å². The molecule has 0 atom stereocenters. The van der Waals surface area contributed by atoms with Gasteiger partial charge in [0.05, 0.1) is 25.5 Å². The van der Waals surface area contributed by atoms with Crippen LogP contribution in [0.15, 0.2) is 16.7 Å². The highest BCUT2D eigenvalue weighted by molar-refractivity contribution is 5.12. The van der Waals surface area contributed by atoms with Gasteiger partial charge in [-0.2, -0.15) is 0 Å². The predicted octanol–water partition coefficient (Wildman–Crippen LogP) is 1.60. The van der Waals surface area contributed by atoms with Crippen LogP contribution in [0.3, 0.4) is 0 Å². The first-order valence-corrected chi connectivity index (χ1v) is 5.68. The molecule has 0 spiro atoms. The summed E-state index contributed by atoms with van der Waals surface area (Å²) >= 11 is 0. The molecule has 0 fully saturated rings. The maximum absolute atomic E-state index is 5.51. The van der Waals surface area contributed by atoms with Crippen molar-refractivity contribution in [3.63, 3.8) is 0 Å². The van der Waals surface area contributed by atoms with Crippen molar-refractivity contribution in [2.45, 2.75) is 33.0 Å². The smallest absolute Gasteiger partial charge is 0.118 e. The third-order valence-electron chi connectivity index (χ3n) is 2.29. The molecular weight excluding hydrogens is 204 g/mol. The summed E-state index contributed by atoms with van der Waals surface area (Å²) in [4.78, 5) is 2.17. The van der Waals surface area contributed by atoms with Gasteiger partial charge in [-0.25, -0.2) is 0 Å². The van der Waals surface area contributed by atoms with Crippen LogP contribution in [0.4, 0.5) is 0 Å². The number of hydrogen-bond acceptors (Lipinski definition) is 4. The fraction of sp³-hybridized carbons (Fsp3) is 0.667. The Morgan fingerprint density at radius 3 is 2.81 bits per heavy atom. The van der Waals surface area contributed by atoms with Crippen LogP contribution in [0.1, 0.15) is 25.2 Å². The van der Waals surface area contributed by atoms with E-state index in [-0.39, 0.29) is 0 Å². The fourth-order valence-electron chi connectivity index (χ4n) is 1.41. The summed E-state index contributed by atoms with van der Waals surface area (Å²) in [6, 6.07) is 2.00. The molecule has 1 heterocycles. The van der Waals surface area contributed by atoms with Crippen molar-refractivity contribution in [3.05, 3.63) is 23.7 Å². The molecule has 0 aromatic carbocycles. The van der Waals surface area contributed by atoms with Crippen LogP contribution in [0, 0.1) is 0 Å². The summed E-state index contributed by atoms with van der Waals surface area (Å²) in [5.74, 6) is 0.951. The molecule has 0 saturated heterocycles. The van der Waals surface area contributed by atoms with E-state index in [9.17, 15) is 0 Å². The lowest BCUT2D eigenvalue weighted by Crippen LogP contribution is -2.23. The highest BCUT2D eigenvalue weighted by Crippen LogP contribution is 2.09. The molecule has 0 amide bonds. The average molecular weight is 226 g/mol. The van der Waals surface area contributed by atoms with Crippen molar-refractivity contribution in [1.82, 2.24) is 4.90 Å². The maximum Gasteiger partial charge on any atom is 0.118 e. The van der Waals surface area contributed by atoms with Crippen molar-refractivity contribution in [1.29, 1.82) is 0 Å². The highest BCUT2D eigenvalue weighted by Gasteiger charge is 2.05. The second-order valence-electron chi connectivity index (χ2n) is 4.28. The van der Waals surface area contributed by atoms with Crippen LogP contribution in [-0.4, -0.2) is 31.2 Å². The normalized spacial score (nSPS) is 11.6. The third-order valence-corrected chi connectivity index (χ3v) is 2.29. The van der Waals surface area contributed by atoms with Gasteiger partial charge in [-0.15, -0.1) is 0 Å². The van der Waals surface area contributed by atoms with Crippen LogP contribution >= 0.6 is 0 Å². The van der Waals surface area contributed by atoms with Crippen LogP contribution in [0.2, 0.25) is 0 Å². The van der Waals surface area contributed by atoms with Gasteiger partial charge in [-0.3, -0.25) is 4.90 Å². The van der Waals surface area contributed by atoms with E-state index < -0.39 is 0 Å². The molecule has 0 unspecified atom stereocenters. The molecule has 0 bridgehead atoms. The van der Waals surface area contributed by atoms with Crippen molar-refractivity contribution in [2.75, 3.05) is 20.2 Å². The Kier molecular flexibility index (Phi) is 5.52. The molecule has 1 aromatic rings. The Morgan fingerprint density at radius 1 is 1.50 bits per heavy atom. The molecule has 0 saturated carbocycles. The lowest BCUT2D eigenvalue weighted by molar-refractivity contribution is 0.0616. The number of hydrogen-bond donors (Lipinski definition) is 1. The lowest BCUT2D eigenvalue weighted by atomic mass is 10.3. The van der Waals surface area contributed by atoms with Crippen LogP contribution in [0.5, 0.6) is 0 Å². The minimum atomic E-state index is 0.292. The fourth-order valence-corrected chi connectivity index (χ4v) is 1.41.